The number of thioether (sulfide) groups is 1. The molecule has 1 amide bonds. The molecule has 6 heteroatoms. The molecule has 0 fully saturated rings. The molecule has 0 saturated carbocycles. The van der Waals surface area contributed by atoms with E-state index in [0.717, 1.165) is 34.1 Å². The molecule has 0 aliphatic rings. The Bertz CT molecular complexity index is 828. The quantitative estimate of drug-likeness (QED) is 0.663. The predicted molar refractivity (Wildman–Crippen MR) is 102 cm³/mol. The van der Waals surface area contributed by atoms with Crippen LogP contribution in [0.4, 0.5) is 0 Å². The zero-order valence-electron chi connectivity index (χ0n) is 14.5. The average molecular weight is 354 g/mol. The van der Waals surface area contributed by atoms with Gasteiger partial charge >= 0.3 is 0 Å². The summed E-state index contributed by atoms with van der Waals surface area (Å²) in [6, 6.07) is 13.7. The number of benzene rings is 1. The molecular formula is C19H22N4OS. The van der Waals surface area contributed by atoms with Gasteiger partial charge < -0.3 is 14.6 Å². The Labute approximate surface area is 152 Å². The summed E-state index contributed by atoms with van der Waals surface area (Å²) >= 11 is 1.65. The van der Waals surface area contributed by atoms with Crippen LogP contribution in [0.5, 0.6) is 0 Å². The highest BCUT2D eigenvalue weighted by Crippen LogP contribution is 2.27. The van der Waals surface area contributed by atoms with E-state index in [2.05, 4.69) is 10.3 Å². The van der Waals surface area contributed by atoms with Crippen LogP contribution in [0.2, 0.25) is 0 Å². The van der Waals surface area contributed by atoms with Gasteiger partial charge in [-0.3, -0.25) is 4.79 Å². The number of carbonyl (C=O) groups excluding carboxylic acids is 1. The van der Waals surface area contributed by atoms with Crippen molar-refractivity contribution in [1.82, 2.24) is 19.6 Å². The number of nitrogens with zero attached hydrogens (tertiary/aromatic N) is 3. The van der Waals surface area contributed by atoms with Crippen molar-refractivity contribution in [2.24, 2.45) is 0 Å². The van der Waals surface area contributed by atoms with Gasteiger partial charge in [0.2, 0.25) is 0 Å². The smallest absolute Gasteiger partial charge is 0.254 e. The minimum atomic E-state index is 0.0494. The first-order chi connectivity index (χ1) is 12.2. The zero-order chi connectivity index (χ0) is 17.6. The number of fused-ring (bicyclic) bond motifs is 1. The monoisotopic (exact) mass is 354 g/mol. The largest absolute Gasteiger partial charge is 0.340 e. The Morgan fingerprint density at radius 2 is 2.04 bits per heavy atom. The number of hydrogen-bond acceptors (Lipinski definition) is 4. The van der Waals surface area contributed by atoms with Gasteiger partial charge in [-0.2, -0.15) is 0 Å². The second kappa shape index (κ2) is 8.18. The van der Waals surface area contributed by atoms with Crippen LogP contribution in [0.25, 0.3) is 5.65 Å². The van der Waals surface area contributed by atoms with Gasteiger partial charge in [-0.15, -0.1) is 11.8 Å². The van der Waals surface area contributed by atoms with E-state index in [-0.39, 0.29) is 5.91 Å². The number of imidazole rings is 1. The molecule has 1 aromatic carbocycles. The molecule has 2 aromatic heterocycles. The van der Waals surface area contributed by atoms with Crippen LogP contribution in [0.3, 0.4) is 0 Å². The van der Waals surface area contributed by atoms with Gasteiger partial charge in [0, 0.05) is 43.2 Å². The third-order valence-electron chi connectivity index (χ3n) is 3.95. The van der Waals surface area contributed by atoms with Crippen molar-refractivity contribution >= 4 is 23.3 Å². The number of likely N-dealkylation sites (N-methyl/N-ethyl adjacent to an activating group) is 2. The summed E-state index contributed by atoms with van der Waals surface area (Å²) in [7, 11) is 3.72. The minimum Gasteiger partial charge on any atom is -0.340 e. The Morgan fingerprint density at radius 1 is 1.24 bits per heavy atom. The van der Waals surface area contributed by atoms with Gasteiger partial charge in [0.25, 0.3) is 5.91 Å². The van der Waals surface area contributed by atoms with Gasteiger partial charge in [0.05, 0.1) is 11.3 Å². The van der Waals surface area contributed by atoms with Crippen LogP contribution in [0.15, 0.2) is 59.8 Å². The van der Waals surface area contributed by atoms with Crippen LogP contribution in [-0.2, 0) is 5.75 Å². The van der Waals surface area contributed by atoms with Crippen LogP contribution in [0.1, 0.15) is 16.1 Å². The fourth-order valence-electron chi connectivity index (χ4n) is 2.56. The number of nitrogens with one attached hydrogen (secondary N) is 1. The summed E-state index contributed by atoms with van der Waals surface area (Å²) in [5.74, 6) is 0.778. The van der Waals surface area contributed by atoms with Crippen LogP contribution in [-0.4, -0.2) is 47.4 Å². The predicted octanol–water partition coefficient (Wildman–Crippen LogP) is 2.92. The van der Waals surface area contributed by atoms with Crippen LogP contribution in [0, 0.1) is 0 Å². The molecule has 2 heterocycles. The second-order valence-corrected chi connectivity index (χ2v) is 6.83. The molecule has 3 rings (SSSR count). The van der Waals surface area contributed by atoms with E-state index in [4.69, 9.17) is 0 Å². The van der Waals surface area contributed by atoms with Crippen molar-refractivity contribution < 1.29 is 4.79 Å². The SMILES string of the molecule is CNCCN(C)C(=O)c1ccccc1SCc1cn2ccccc2n1. The molecule has 5 nitrogen and oxygen atoms in total. The van der Waals surface area contributed by atoms with E-state index in [9.17, 15) is 4.79 Å². The van der Waals surface area contributed by atoms with Crippen molar-refractivity contribution in [2.45, 2.75) is 10.6 Å². The lowest BCUT2D eigenvalue weighted by Crippen LogP contribution is -2.33. The van der Waals surface area contributed by atoms with Gasteiger partial charge in [0.1, 0.15) is 5.65 Å². The number of aromatic nitrogens is 2. The van der Waals surface area contributed by atoms with Gasteiger partial charge in [-0.1, -0.05) is 18.2 Å². The lowest BCUT2D eigenvalue weighted by molar-refractivity contribution is 0.0793. The molecule has 0 radical (unpaired) electrons. The van der Waals surface area contributed by atoms with E-state index in [0.29, 0.717) is 6.54 Å². The van der Waals surface area contributed by atoms with Crippen molar-refractivity contribution in [3.63, 3.8) is 0 Å². The normalized spacial score (nSPS) is 11.0. The summed E-state index contributed by atoms with van der Waals surface area (Å²) < 4.78 is 2.01. The fraction of sp³-hybridized carbons (Fsp3) is 0.263. The molecule has 0 aliphatic carbocycles. The summed E-state index contributed by atoms with van der Waals surface area (Å²) in [6.45, 7) is 1.46. The Hall–Kier alpha value is -2.31. The van der Waals surface area contributed by atoms with Gasteiger partial charge in [-0.25, -0.2) is 4.98 Å². The van der Waals surface area contributed by atoms with E-state index in [1.54, 1.807) is 16.7 Å². The molecular weight excluding hydrogens is 332 g/mol. The highest BCUT2D eigenvalue weighted by atomic mass is 32.2. The van der Waals surface area contributed by atoms with Crippen molar-refractivity contribution in [1.29, 1.82) is 0 Å². The Balaban J connectivity index is 1.73. The third-order valence-corrected chi connectivity index (χ3v) is 5.06. The van der Waals surface area contributed by atoms with E-state index in [1.165, 1.54) is 0 Å². The molecule has 0 spiro atoms. The first-order valence-electron chi connectivity index (χ1n) is 8.23. The van der Waals surface area contributed by atoms with E-state index >= 15 is 0 Å². The summed E-state index contributed by atoms with van der Waals surface area (Å²) in [4.78, 5) is 20.0. The number of carbonyl (C=O) groups is 1. The second-order valence-electron chi connectivity index (χ2n) is 5.81. The first-order valence-corrected chi connectivity index (χ1v) is 9.22. The zero-order valence-corrected chi connectivity index (χ0v) is 15.3. The number of pyridine rings is 1. The maximum atomic E-state index is 12.7. The maximum absolute atomic E-state index is 12.7. The lowest BCUT2D eigenvalue weighted by atomic mass is 10.2. The first kappa shape index (κ1) is 17.5. The number of amides is 1. The molecule has 0 saturated heterocycles. The molecule has 130 valence electrons. The highest BCUT2D eigenvalue weighted by Gasteiger charge is 2.15. The summed E-state index contributed by atoms with van der Waals surface area (Å²) in [6.07, 6.45) is 4.02. The molecule has 0 bridgehead atoms. The molecule has 3 aromatic rings. The molecule has 1 N–H and O–H groups in total. The minimum absolute atomic E-state index is 0.0494. The molecule has 0 atom stereocenters. The van der Waals surface area contributed by atoms with Crippen molar-refractivity contribution in [3.05, 3.63) is 66.1 Å². The average Bonchev–Trinajstić information content (AvgIpc) is 3.07. The van der Waals surface area contributed by atoms with Crippen molar-refractivity contribution in [2.75, 3.05) is 27.2 Å². The number of hydrogen-bond donors (Lipinski definition) is 1. The van der Waals surface area contributed by atoms with Gasteiger partial charge in [-0.05, 0) is 31.3 Å². The topological polar surface area (TPSA) is 49.6 Å². The van der Waals surface area contributed by atoms with Gasteiger partial charge in [0.15, 0.2) is 0 Å². The summed E-state index contributed by atoms with van der Waals surface area (Å²) in [5.41, 5.74) is 2.69. The van der Waals surface area contributed by atoms with E-state index < -0.39 is 0 Å². The lowest BCUT2D eigenvalue weighted by Gasteiger charge is -2.18. The molecule has 0 unspecified atom stereocenters. The Morgan fingerprint density at radius 3 is 2.84 bits per heavy atom. The number of rotatable bonds is 7. The molecule has 0 aliphatic heterocycles. The third kappa shape index (κ3) is 4.21. The molecule has 25 heavy (non-hydrogen) atoms. The fourth-order valence-corrected chi connectivity index (χ4v) is 3.49. The Kier molecular flexibility index (Phi) is 5.73. The van der Waals surface area contributed by atoms with E-state index in [1.807, 2.05) is 73.4 Å². The van der Waals surface area contributed by atoms with Crippen molar-refractivity contribution in [3.8, 4) is 0 Å². The maximum Gasteiger partial charge on any atom is 0.254 e. The standard InChI is InChI=1S/C19H22N4OS/c1-20-10-12-22(2)19(24)16-7-3-4-8-17(16)25-14-15-13-23-11-6-5-9-18(23)21-15/h3-9,11,13,20H,10,12,14H2,1-2H3. The summed E-state index contributed by atoms with van der Waals surface area (Å²) in [5, 5.41) is 3.07. The highest BCUT2D eigenvalue weighted by molar-refractivity contribution is 7.98. The van der Waals surface area contributed by atoms with Crippen LogP contribution < -0.4 is 5.32 Å². The van der Waals surface area contributed by atoms with Crippen LogP contribution >= 0.6 is 11.8 Å².